The van der Waals surface area contributed by atoms with Gasteiger partial charge in [-0.05, 0) is 39.7 Å². The summed E-state index contributed by atoms with van der Waals surface area (Å²) in [6, 6.07) is 12.7. The predicted molar refractivity (Wildman–Crippen MR) is 110 cm³/mol. The van der Waals surface area contributed by atoms with Gasteiger partial charge in [0.25, 0.3) is 0 Å². The number of nitrogens with one attached hydrogen (secondary N) is 1. The molecule has 3 aromatic rings. The number of aryl methyl sites for hydroxylation is 2. The van der Waals surface area contributed by atoms with Gasteiger partial charge in [0, 0.05) is 31.6 Å². The molecular formula is C21H20N4O6. The first-order chi connectivity index (χ1) is 15.0. The average Bonchev–Trinajstić information content (AvgIpc) is 3.37. The molecule has 1 aliphatic rings. The highest BCUT2D eigenvalue weighted by Gasteiger charge is 2.16. The quantitative estimate of drug-likeness (QED) is 0.435. The fourth-order valence-corrected chi connectivity index (χ4v) is 3.12. The fourth-order valence-electron chi connectivity index (χ4n) is 3.12. The van der Waals surface area contributed by atoms with Crippen LogP contribution in [0.25, 0.3) is 0 Å². The van der Waals surface area contributed by atoms with E-state index < -0.39 is 4.92 Å². The van der Waals surface area contributed by atoms with E-state index in [1.807, 2.05) is 24.3 Å². The van der Waals surface area contributed by atoms with Crippen molar-refractivity contribution in [3.05, 3.63) is 70.2 Å². The first-order valence-corrected chi connectivity index (χ1v) is 9.57. The highest BCUT2D eigenvalue weighted by molar-refractivity contribution is 5.90. The second kappa shape index (κ2) is 8.74. The lowest BCUT2D eigenvalue weighted by atomic mass is 10.2. The Labute approximate surface area is 177 Å². The van der Waals surface area contributed by atoms with Crippen molar-refractivity contribution < 1.29 is 23.9 Å². The van der Waals surface area contributed by atoms with Crippen LogP contribution in [-0.4, -0.2) is 27.2 Å². The summed E-state index contributed by atoms with van der Waals surface area (Å²) in [4.78, 5) is 26.4. The zero-order valence-corrected chi connectivity index (χ0v) is 16.7. The minimum absolute atomic E-state index is 0.159. The van der Waals surface area contributed by atoms with E-state index in [0.717, 1.165) is 5.56 Å². The number of carbonyl (C=O) groups is 1. The van der Waals surface area contributed by atoms with Gasteiger partial charge in [0.15, 0.2) is 11.5 Å². The summed E-state index contributed by atoms with van der Waals surface area (Å²) in [5.74, 6) is 2.05. The van der Waals surface area contributed by atoms with Gasteiger partial charge in [0.1, 0.15) is 18.6 Å². The zero-order chi connectivity index (χ0) is 21.8. The Morgan fingerprint density at radius 1 is 1.26 bits per heavy atom. The summed E-state index contributed by atoms with van der Waals surface area (Å²) in [6.07, 6.45) is 1.49. The molecule has 0 saturated carbocycles. The maximum atomic E-state index is 12.3. The van der Waals surface area contributed by atoms with Crippen LogP contribution in [0.4, 0.5) is 11.5 Å². The van der Waals surface area contributed by atoms with E-state index in [4.69, 9.17) is 14.2 Å². The lowest BCUT2D eigenvalue weighted by Gasteiger charge is -2.10. The van der Waals surface area contributed by atoms with Crippen LogP contribution in [0.3, 0.4) is 0 Å². The molecule has 1 aliphatic heterocycles. The SMILES string of the molecule is Cc1nc([N+](=O)[O-])cn1CCC(=O)Nc1cccc(COc2ccc3c(c2)OCO3)c1. The number of anilines is 1. The molecule has 0 atom stereocenters. The number of amides is 1. The number of ether oxygens (including phenoxy) is 3. The van der Waals surface area contributed by atoms with Crippen molar-refractivity contribution in [1.82, 2.24) is 9.55 Å². The molecule has 10 heteroatoms. The van der Waals surface area contributed by atoms with Gasteiger partial charge in [-0.25, -0.2) is 0 Å². The molecule has 0 unspecified atom stereocenters. The van der Waals surface area contributed by atoms with E-state index in [0.29, 0.717) is 41.9 Å². The van der Waals surface area contributed by atoms with Gasteiger partial charge in [0.05, 0.1) is 0 Å². The number of rotatable bonds is 8. The summed E-state index contributed by atoms with van der Waals surface area (Å²) in [6.45, 7) is 2.49. The van der Waals surface area contributed by atoms with Crippen molar-refractivity contribution in [3.8, 4) is 17.2 Å². The summed E-state index contributed by atoms with van der Waals surface area (Å²) < 4.78 is 18.0. The Kier molecular flexibility index (Phi) is 5.69. The Balaban J connectivity index is 1.30. The number of benzene rings is 2. The predicted octanol–water partition coefficient (Wildman–Crippen LogP) is 3.44. The third-order valence-electron chi connectivity index (χ3n) is 4.69. The van der Waals surface area contributed by atoms with Gasteiger partial charge >= 0.3 is 5.82 Å². The van der Waals surface area contributed by atoms with Crippen LogP contribution in [0.1, 0.15) is 17.8 Å². The fraction of sp³-hybridized carbons (Fsp3) is 0.238. The molecule has 0 radical (unpaired) electrons. The maximum absolute atomic E-state index is 12.3. The number of nitrogens with zero attached hydrogens (tertiary/aromatic N) is 3. The number of hydrogen-bond acceptors (Lipinski definition) is 7. The number of aromatic nitrogens is 2. The number of fused-ring (bicyclic) bond motifs is 1. The summed E-state index contributed by atoms with van der Waals surface area (Å²) in [7, 11) is 0. The average molecular weight is 424 g/mol. The minimum atomic E-state index is -0.555. The van der Waals surface area contributed by atoms with E-state index in [1.165, 1.54) is 6.20 Å². The first kappa shape index (κ1) is 20.2. The molecule has 10 nitrogen and oxygen atoms in total. The Morgan fingerprint density at radius 2 is 2.10 bits per heavy atom. The smallest absolute Gasteiger partial charge is 0.381 e. The normalized spacial score (nSPS) is 11.9. The van der Waals surface area contributed by atoms with Crippen LogP contribution in [0.5, 0.6) is 17.2 Å². The number of nitro groups is 1. The Hall–Kier alpha value is -4.08. The van der Waals surface area contributed by atoms with E-state index in [1.54, 1.807) is 29.7 Å². The number of imidazole rings is 1. The van der Waals surface area contributed by atoms with E-state index in [2.05, 4.69) is 10.3 Å². The third-order valence-corrected chi connectivity index (χ3v) is 4.69. The van der Waals surface area contributed by atoms with Crippen molar-refractivity contribution in [2.45, 2.75) is 26.5 Å². The zero-order valence-electron chi connectivity index (χ0n) is 16.7. The van der Waals surface area contributed by atoms with Crippen LogP contribution >= 0.6 is 0 Å². The van der Waals surface area contributed by atoms with Crippen molar-refractivity contribution in [3.63, 3.8) is 0 Å². The van der Waals surface area contributed by atoms with Gasteiger partial charge in [0.2, 0.25) is 18.5 Å². The molecule has 2 aromatic carbocycles. The molecule has 4 rings (SSSR count). The van der Waals surface area contributed by atoms with Crippen molar-refractivity contribution in [1.29, 1.82) is 0 Å². The van der Waals surface area contributed by atoms with Crippen LogP contribution in [-0.2, 0) is 17.9 Å². The van der Waals surface area contributed by atoms with E-state index in [9.17, 15) is 14.9 Å². The van der Waals surface area contributed by atoms with Crippen LogP contribution in [0.2, 0.25) is 0 Å². The Bertz CT molecular complexity index is 1130. The topological polar surface area (TPSA) is 118 Å². The Morgan fingerprint density at radius 3 is 2.90 bits per heavy atom. The molecule has 0 aliphatic carbocycles. The molecule has 0 bridgehead atoms. The second-order valence-corrected chi connectivity index (χ2v) is 6.90. The molecule has 0 saturated heterocycles. The highest BCUT2D eigenvalue weighted by atomic mass is 16.7. The molecule has 1 amide bonds. The van der Waals surface area contributed by atoms with Crippen molar-refractivity contribution >= 4 is 17.4 Å². The molecule has 2 heterocycles. The molecule has 0 fully saturated rings. The molecule has 160 valence electrons. The van der Waals surface area contributed by atoms with Crippen LogP contribution in [0, 0.1) is 17.0 Å². The summed E-state index contributed by atoms with van der Waals surface area (Å²) in [5.41, 5.74) is 1.53. The lowest BCUT2D eigenvalue weighted by molar-refractivity contribution is -0.389. The van der Waals surface area contributed by atoms with E-state index in [-0.39, 0.29) is 24.9 Å². The molecular weight excluding hydrogens is 404 g/mol. The first-order valence-electron chi connectivity index (χ1n) is 9.57. The van der Waals surface area contributed by atoms with Gasteiger partial charge < -0.3 is 34.2 Å². The highest BCUT2D eigenvalue weighted by Crippen LogP contribution is 2.35. The van der Waals surface area contributed by atoms with Crippen molar-refractivity contribution in [2.75, 3.05) is 12.1 Å². The largest absolute Gasteiger partial charge is 0.489 e. The van der Waals surface area contributed by atoms with Gasteiger partial charge in [-0.2, -0.15) is 0 Å². The third kappa shape index (κ3) is 4.92. The molecule has 1 aromatic heterocycles. The van der Waals surface area contributed by atoms with Crippen LogP contribution < -0.4 is 19.5 Å². The summed E-state index contributed by atoms with van der Waals surface area (Å²) >= 11 is 0. The summed E-state index contributed by atoms with van der Waals surface area (Å²) in [5, 5.41) is 13.6. The minimum Gasteiger partial charge on any atom is -0.489 e. The van der Waals surface area contributed by atoms with Gasteiger partial charge in [-0.15, -0.1) is 0 Å². The lowest BCUT2D eigenvalue weighted by Crippen LogP contribution is -2.15. The van der Waals surface area contributed by atoms with Gasteiger partial charge in [-0.3, -0.25) is 4.79 Å². The maximum Gasteiger partial charge on any atom is 0.381 e. The standard InChI is InChI=1S/C21H20N4O6/c1-14-22-20(25(27)28)11-24(14)8-7-21(26)23-16-4-2-3-15(9-16)12-29-17-5-6-18-19(10-17)31-13-30-18/h2-6,9-11H,7-8,12-13H2,1H3,(H,23,26). The molecule has 31 heavy (non-hydrogen) atoms. The number of carbonyl (C=O) groups excluding carboxylic acids is 1. The van der Waals surface area contributed by atoms with E-state index >= 15 is 0 Å². The van der Waals surface area contributed by atoms with Gasteiger partial charge in [-0.1, -0.05) is 12.1 Å². The molecule has 0 spiro atoms. The van der Waals surface area contributed by atoms with Crippen LogP contribution in [0.15, 0.2) is 48.7 Å². The second-order valence-electron chi connectivity index (χ2n) is 6.90. The number of hydrogen-bond donors (Lipinski definition) is 1. The van der Waals surface area contributed by atoms with Crippen molar-refractivity contribution in [2.24, 2.45) is 0 Å². The molecule has 1 N–H and O–H groups in total. The monoisotopic (exact) mass is 424 g/mol.